The fraction of sp³-hybridized carbons (Fsp3) is 0.0769. The number of aryl methyl sites for hydroxylation is 1. The molecule has 2 rings (SSSR count). The van der Waals surface area contributed by atoms with Crippen LogP contribution < -0.4 is 4.74 Å². The van der Waals surface area contributed by atoms with Crippen molar-refractivity contribution in [1.82, 2.24) is 0 Å². The number of hydrogen-bond acceptors (Lipinski definition) is 1. The Morgan fingerprint density at radius 2 is 1.75 bits per heavy atom. The molecule has 0 radical (unpaired) electrons. The molecule has 3 heteroatoms. The van der Waals surface area contributed by atoms with Crippen LogP contribution in [0.25, 0.3) is 0 Å². The van der Waals surface area contributed by atoms with E-state index in [4.69, 9.17) is 27.9 Å². The molecule has 0 saturated carbocycles. The van der Waals surface area contributed by atoms with Crippen LogP contribution in [0, 0.1) is 6.92 Å². The van der Waals surface area contributed by atoms with Gasteiger partial charge in [0.2, 0.25) is 0 Å². The van der Waals surface area contributed by atoms with Crippen molar-refractivity contribution in [1.29, 1.82) is 0 Å². The van der Waals surface area contributed by atoms with Gasteiger partial charge in [-0.3, -0.25) is 0 Å². The molecule has 0 aliphatic carbocycles. The van der Waals surface area contributed by atoms with Gasteiger partial charge in [0, 0.05) is 0 Å². The van der Waals surface area contributed by atoms with Crippen LogP contribution in [-0.4, -0.2) is 0 Å². The third-order valence-corrected chi connectivity index (χ3v) is 2.94. The van der Waals surface area contributed by atoms with E-state index in [1.165, 1.54) is 0 Å². The summed E-state index contributed by atoms with van der Waals surface area (Å²) in [5.74, 6) is 1.32. The summed E-state index contributed by atoms with van der Waals surface area (Å²) < 4.78 is 5.65. The minimum Gasteiger partial charge on any atom is -0.456 e. The van der Waals surface area contributed by atoms with Crippen LogP contribution in [-0.2, 0) is 0 Å². The minimum atomic E-state index is 0.436. The smallest absolute Gasteiger partial charge is 0.147 e. The monoisotopic (exact) mass is 252 g/mol. The second-order valence-electron chi connectivity index (χ2n) is 3.47. The van der Waals surface area contributed by atoms with Gasteiger partial charge in [-0.25, -0.2) is 0 Å². The largest absolute Gasteiger partial charge is 0.456 e. The fourth-order valence-corrected chi connectivity index (χ4v) is 1.70. The molecule has 0 spiro atoms. The molecule has 0 saturated heterocycles. The number of rotatable bonds is 2. The van der Waals surface area contributed by atoms with Crippen LogP contribution in [0.15, 0.2) is 42.5 Å². The van der Waals surface area contributed by atoms with E-state index in [0.29, 0.717) is 15.8 Å². The highest BCUT2D eigenvalue weighted by Gasteiger charge is 2.06. The lowest BCUT2D eigenvalue weighted by atomic mass is 10.2. The molecule has 0 amide bonds. The van der Waals surface area contributed by atoms with Crippen LogP contribution in [0.3, 0.4) is 0 Å². The highest BCUT2D eigenvalue weighted by Crippen LogP contribution is 2.34. The maximum Gasteiger partial charge on any atom is 0.147 e. The van der Waals surface area contributed by atoms with E-state index in [0.717, 1.165) is 11.3 Å². The lowest BCUT2D eigenvalue weighted by Crippen LogP contribution is -1.86. The Morgan fingerprint density at radius 1 is 1.00 bits per heavy atom. The highest BCUT2D eigenvalue weighted by atomic mass is 35.5. The Bertz CT molecular complexity index is 509. The molecule has 0 aliphatic heterocycles. The SMILES string of the molecule is Cc1cccc(Oc2cccc(Cl)c2Cl)c1. The number of halogens is 2. The Labute approximate surface area is 105 Å². The van der Waals surface area contributed by atoms with Crippen molar-refractivity contribution < 1.29 is 4.74 Å². The summed E-state index contributed by atoms with van der Waals surface area (Å²) in [6.45, 7) is 2.01. The second kappa shape index (κ2) is 4.77. The number of hydrogen-bond donors (Lipinski definition) is 0. The van der Waals surface area contributed by atoms with Crippen molar-refractivity contribution in [2.75, 3.05) is 0 Å². The maximum atomic E-state index is 6.03. The van der Waals surface area contributed by atoms with Gasteiger partial charge in [0.25, 0.3) is 0 Å². The zero-order valence-electron chi connectivity index (χ0n) is 8.71. The minimum absolute atomic E-state index is 0.436. The molecular formula is C13H10Cl2O. The van der Waals surface area contributed by atoms with Crippen molar-refractivity contribution in [3.63, 3.8) is 0 Å². The third kappa shape index (κ3) is 2.49. The zero-order chi connectivity index (χ0) is 11.5. The van der Waals surface area contributed by atoms with Crippen LogP contribution in [0.5, 0.6) is 11.5 Å². The first-order valence-corrected chi connectivity index (χ1v) is 5.61. The van der Waals surface area contributed by atoms with Gasteiger partial charge < -0.3 is 4.74 Å². The molecule has 16 heavy (non-hydrogen) atoms. The van der Waals surface area contributed by atoms with Crippen LogP contribution in [0.4, 0.5) is 0 Å². The summed E-state index contributed by atoms with van der Waals surface area (Å²) in [7, 11) is 0. The van der Waals surface area contributed by atoms with Gasteiger partial charge in [-0.2, -0.15) is 0 Å². The second-order valence-corrected chi connectivity index (χ2v) is 4.26. The number of ether oxygens (including phenoxy) is 1. The van der Waals surface area contributed by atoms with Gasteiger partial charge in [0.15, 0.2) is 0 Å². The predicted octanol–water partition coefficient (Wildman–Crippen LogP) is 5.09. The molecule has 2 aromatic rings. The molecule has 0 aliphatic rings. The summed E-state index contributed by atoms with van der Waals surface area (Å²) in [5.41, 5.74) is 1.13. The van der Waals surface area contributed by atoms with E-state index >= 15 is 0 Å². The van der Waals surface area contributed by atoms with Crippen molar-refractivity contribution in [2.45, 2.75) is 6.92 Å². The van der Waals surface area contributed by atoms with Gasteiger partial charge in [-0.05, 0) is 36.8 Å². The maximum absolute atomic E-state index is 6.03. The van der Waals surface area contributed by atoms with Gasteiger partial charge in [0.1, 0.15) is 16.5 Å². The Balaban J connectivity index is 2.31. The normalized spacial score (nSPS) is 10.2. The Hall–Kier alpha value is -1.18. The predicted molar refractivity (Wildman–Crippen MR) is 67.7 cm³/mol. The first kappa shape index (κ1) is 11.3. The lowest BCUT2D eigenvalue weighted by Gasteiger charge is -2.08. The van der Waals surface area contributed by atoms with Gasteiger partial charge in [-0.15, -0.1) is 0 Å². The molecule has 2 aromatic carbocycles. The van der Waals surface area contributed by atoms with Crippen LogP contribution in [0.1, 0.15) is 5.56 Å². The van der Waals surface area contributed by atoms with E-state index in [9.17, 15) is 0 Å². The van der Waals surface area contributed by atoms with E-state index in [1.54, 1.807) is 18.2 Å². The van der Waals surface area contributed by atoms with Crippen molar-refractivity contribution in [2.24, 2.45) is 0 Å². The zero-order valence-corrected chi connectivity index (χ0v) is 10.2. The summed E-state index contributed by atoms with van der Waals surface area (Å²) in [5, 5.41) is 0.928. The average molecular weight is 253 g/mol. The summed E-state index contributed by atoms with van der Waals surface area (Å²) in [4.78, 5) is 0. The molecule has 0 aromatic heterocycles. The first-order chi connectivity index (χ1) is 7.66. The van der Waals surface area contributed by atoms with Gasteiger partial charge >= 0.3 is 0 Å². The van der Waals surface area contributed by atoms with E-state index in [2.05, 4.69) is 0 Å². The molecular weight excluding hydrogens is 243 g/mol. The molecule has 1 nitrogen and oxygen atoms in total. The molecule has 0 atom stereocenters. The van der Waals surface area contributed by atoms with E-state index in [1.807, 2.05) is 31.2 Å². The molecule has 0 N–H and O–H groups in total. The van der Waals surface area contributed by atoms with Crippen molar-refractivity contribution in [3.05, 3.63) is 58.1 Å². The van der Waals surface area contributed by atoms with Gasteiger partial charge in [0.05, 0.1) is 5.02 Å². The third-order valence-electron chi connectivity index (χ3n) is 2.13. The highest BCUT2D eigenvalue weighted by molar-refractivity contribution is 6.42. The van der Waals surface area contributed by atoms with E-state index < -0.39 is 0 Å². The standard InChI is InChI=1S/C13H10Cl2O/c1-9-4-2-5-10(8-9)16-12-7-3-6-11(14)13(12)15/h2-8H,1H3. The molecule has 0 heterocycles. The lowest BCUT2D eigenvalue weighted by molar-refractivity contribution is 0.482. The average Bonchev–Trinajstić information content (AvgIpc) is 2.25. The fourth-order valence-electron chi connectivity index (χ4n) is 1.37. The van der Waals surface area contributed by atoms with E-state index in [-0.39, 0.29) is 0 Å². The molecule has 0 unspecified atom stereocenters. The summed E-state index contributed by atoms with van der Waals surface area (Å²) in [6.07, 6.45) is 0. The van der Waals surface area contributed by atoms with Crippen molar-refractivity contribution in [3.8, 4) is 11.5 Å². The molecule has 82 valence electrons. The number of benzene rings is 2. The quantitative estimate of drug-likeness (QED) is 0.723. The van der Waals surface area contributed by atoms with Crippen molar-refractivity contribution >= 4 is 23.2 Å². The Kier molecular flexibility index (Phi) is 3.37. The first-order valence-electron chi connectivity index (χ1n) is 4.85. The van der Waals surface area contributed by atoms with Gasteiger partial charge in [-0.1, -0.05) is 41.4 Å². The van der Waals surface area contributed by atoms with Crippen LogP contribution in [0.2, 0.25) is 10.0 Å². The Morgan fingerprint density at radius 3 is 2.50 bits per heavy atom. The van der Waals surface area contributed by atoms with Crippen LogP contribution >= 0.6 is 23.2 Å². The molecule has 0 fully saturated rings. The molecule has 0 bridgehead atoms. The summed E-state index contributed by atoms with van der Waals surface area (Å²) in [6, 6.07) is 13.1. The summed E-state index contributed by atoms with van der Waals surface area (Å²) >= 11 is 11.9. The topological polar surface area (TPSA) is 9.23 Å².